The smallest absolute Gasteiger partial charge is 0.212 e. The van der Waals surface area contributed by atoms with Crippen LogP contribution in [0.3, 0.4) is 0 Å². The van der Waals surface area contributed by atoms with E-state index in [0.29, 0.717) is 12.0 Å². The molecule has 0 aliphatic heterocycles. The van der Waals surface area contributed by atoms with Gasteiger partial charge in [-0.2, -0.15) is 0 Å². The number of hydrogen-bond donors (Lipinski definition) is 2. The van der Waals surface area contributed by atoms with Crippen molar-refractivity contribution in [3.05, 3.63) is 71.9 Å². The van der Waals surface area contributed by atoms with Crippen LogP contribution in [0.15, 0.2) is 60.8 Å². The van der Waals surface area contributed by atoms with Crippen LogP contribution in [-0.2, 0) is 23.5 Å². The van der Waals surface area contributed by atoms with Crippen LogP contribution in [0.1, 0.15) is 17.2 Å². The maximum absolute atomic E-state index is 12.1. The second-order valence-corrected chi connectivity index (χ2v) is 8.09. The van der Waals surface area contributed by atoms with Crippen molar-refractivity contribution in [1.82, 2.24) is 9.29 Å². The van der Waals surface area contributed by atoms with Gasteiger partial charge in [0.05, 0.1) is 11.9 Å². The minimum absolute atomic E-state index is 0.00144. The van der Waals surface area contributed by atoms with Crippen molar-refractivity contribution in [1.29, 1.82) is 0 Å². The van der Waals surface area contributed by atoms with Gasteiger partial charge in [-0.25, -0.2) is 13.1 Å². The van der Waals surface area contributed by atoms with Crippen LogP contribution in [0.5, 0.6) is 0 Å². The second-order valence-electron chi connectivity index (χ2n) is 6.16. The predicted octanol–water partition coefficient (Wildman–Crippen LogP) is 2.37. The van der Waals surface area contributed by atoms with E-state index >= 15 is 0 Å². The molecule has 0 aliphatic rings. The molecule has 0 saturated carbocycles. The van der Waals surface area contributed by atoms with Gasteiger partial charge in [-0.3, -0.25) is 0 Å². The first kappa shape index (κ1) is 17.7. The molecule has 0 aliphatic carbocycles. The number of benzene rings is 2. The van der Waals surface area contributed by atoms with Gasteiger partial charge in [0.1, 0.15) is 0 Å². The lowest BCUT2D eigenvalue weighted by molar-refractivity contribution is 0.182. The summed E-state index contributed by atoms with van der Waals surface area (Å²) < 4.78 is 28.8. The van der Waals surface area contributed by atoms with Gasteiger partial charge >= 0.3 is 0 Å². The maximum Gasteiger partial charge on any atom is 0.212 e. The molecule has 6 heteroatoms. The minimum atomic E-state index is -3.44. The quantitative estimate of drug-likeness (QED) is 0.681. The number of rotatable bonds is 7. The molecule has 2 aromatic carbocycles. The van der Waals surface area contributed by atoms with Gasteiger partial charge in [-0.15, -0.1) is 0 Å². The Morgan fingerprint density at radius 1 is 1.12 bits per heavy atom. The SMILES string of the molecule is Cn1ccc2cc(C(O)CNS(=O)(=O)CCc3ccccc3)ccc21. The summed E-state index contributed by atoms with van der Waals surface area (Å²) in [6.07, 6.45) is 1.52. The maximum atomic E-state index is 12.1. The number of hydrogen-bond acceptors (Lipinski definition) is 3. The summed E-state index contributed by atoms with van der Waals surface area (Å²) in [6, 6.07) is 17.1. The zero-order valence-electron chi connectivity index (χ0n) is 14.1. The lowest BCUT2D eigenvalue weighted by atomic mass is 10.1. The molecule has 0 bridgehead atoms. The molecule has 0 saturated heterocycles. The molecular weight excluding hydrogens is 336 g/mol. The topological polar surface area (TPSA) is 71.3 Å². The van der Waals surface area contributed by atoms with Gasteiger partial charge in [0.2, 0.25) is 10.0 Å². The van der Waals surface area contributed by atoms with Crippen molar-refractivity contribution >= 4 is 20.9 Å². The molecular formula is C19H22N2O3S. The highest BCUT2D eigenvalue weighted by molar-refractivity contribution is 7.89. The Labute approximate surface area is 148 Å². The van der Waals surface area contributed by atoms with Crippen molar-refractivity contribution in [3.63, 3.8) is 0 Å². The van der Waals surface area contributed by atoms with Crippen LogP contribution in [0.25, 0.3) is 10.9 Å². The van der Waals surface area contributed by atoms with Crippen LogP contribution in [0.4, 0.5) is 0 Å². The van der Waals surface area contributed by atoms with E-state index in [4.69, 9.17) is 0 Å². The van der Waals surface area contributed by atoms with Crippen LogP contribution >= 0.6 is 0 Å². The molecule has 0 fully saturated rings. The molecule has 1 atom stereocenters. The number of sulfonamides is 1. The Balaban J connectivity index is 1.59. The summed E-state index contributed by atoms with van der Waals surface area (Å²) in [5.74, 6) is 0.00144. The largest absolute Gasteiger partial charge is 0.387 e. The van der Waals surface area contributed by atoms with E-state index < -0.39 is 16.1 Å². The van der Waals surface area contributed by atoms with E-state index in [-0.39, 0.29) is 12.3 Å². The van der Waals surface area contributed by atoms with E-state index in [1.807, 2.05) is 72.4 Å². The fourth-order valence-electron chi connectivity index (χ4n) is 2.80. The van der Waals surface area contributed by atoms with E-state index in [9.17, 15) is 13.5 Å². The monoisotopic (exact) mass is 358 g/mol. The van der Waals surface area contributed by atoms with E-state index in [0.717, 1.165) is 16.5 Å². The molecule has 1 unspecified atom stereocenters. The Morgan fingerprint density at radius 2 is 1.88 bits per heavy atom. The molecule has 25 heavy (non-hydrogen) atoms. The number of aromatic nitrogens is 1. The zero-order chi connectivity index (χ0) is 17.9. The zero-order valence-corrected chi connectivity index (χ0v) is 14.9. The fraction of sp³-hybridized carbons (Fsp3) is 0.263. The Bertz CT molecular complexity index is 949. The number of aliphatic hydroxyl groups is 1. The summed E-state index contributed by atoms with van der Waals surface area (Å²) in [4.78, 5) is 0. The second kappa shape index (κ2) is 7.39. The molecule has 5 nitrogen and oxygen atoms in total. The molecule has 1 aromatic heterocycles. The van der Waals surface area contributed by atoms with Gasteiger partial charge in [-0.1, -0.05) is 36.4 Å². The molecule has 0 spiro atoms. The standard InChI is InChI=1S/C19H22N2O3S/c1-21-11-9-16-13-17(7-8-18(16)21)19(22)14-20-25(23,24)12-10-15-5-3-2-4-6-15/h2-9,11,13,19-20,22H,10,12,14H2,1H3. The average Bonchev–Trinajstić information content (AvgIpc) is 2.99. The van der Waals surface area contributed by atoms with Gasteiger partial charge < -0.3 is 9.67 Å². The first-order chi connectivity index (χ1) is 11.9. The molecule has 3 rings (SSSR count). The van der Waals surface area contributed by atoms with Gasteiger partial charge in [0.15, 0.2) is 0 Å². The van der Waals surface area contributed by atoms with Crippen molar-refractivity contribution in [2.75, 3.05) is 12.3 Å². The molecule has 132 valence electrons. The van der Waals surface area contributed by atoms with Gasteiger partial charge in [0, 0.05) is 25.3 Å². The molecule has 0 amide bonds. The lowest BCUT2D eigenvalue weighted by Crippen LogP contribution is -2.31. The van der Waals surface area contributed by atoms with Crippen molar-refractivity contribution in [3.8, 4) is 0 Å². The summed E-state index contributed by atoms with van der Waals surface area (Å²) in [7, 11) is -1.48. The highest BCUT2D eigenvalue weighted by atomic mass is 32.2. The third-order valence-corrected chi connectivity index (χ3v) is 5.64. The van der Waals surface area contributed by atoms with Crippen LogP contribution in [0, 0.1) is 0 Å². The van der Waals surface area contributed by atoms with Crippen molar-refractivity contribution < 1.29 is 13.5 Å². The number of fused-ring (bicyclic) bond motifs is 1. The predicted molar refractivity (Wildman–Crippen MR) is 99.8 cm³/mol. The number of aryl methyl sites for hydroxylation is 2. The third-order valence-electron chi connectivity index (χ3n) is 4.29. The van der Waals surface area contributed by atoms with Crippen LogP contribution in [-0.4, -0.2) is 30.4 Å². The van der Waals surface area contributed by atoms with Crippen molar-refractivity contribution in [2.45, 2.75) is 12.5 Å². The highest BCUT2D eigenvalue weighted by Crippen LogP contribution is 2.21. The lowest BCUT2D eigenvalue weighted by Gasteiger charge is -2.13. The third kappa shape index (κ3) is 4.48. The van der Waals surface area contributed by atoms with E-state index in [1.165, 1.54) is 0 Å². The summed E-state index contributed by atoms with van der Waals surface area (Å²) >= 11 is 0. The molecule has 2 N–H and O–H groups in total. The van der Waals surface area contributed by atoms with E-state index in [1.54, 1.807) is 0 Å². The van der Waals surface area contributed by atoms with E-state index in [2.05, 4.69) is 4.72 Å². The van der Waals surface area contributed by atoms with Gasteiger partial charge in [-0.05, 0) is 41.1 Å². The van der Waals surface area contributed by atoms with Crippen LogP contribution < -0.4 is 4.72 Å². The first-order valence-corrected chi connectivity index (χ1v) is 9.84. The normalized spacial score (nSPS) is 13.2. The minimum Gasteiger partial charge on any atom is -0.387 e. The highest BCUT2D eigenvalue weighted by Gasteiger charge is 2.15. The fourth-order valence-corrected chi connectivity index (χ4v) is 3.86. The van der Waals surface area contributed by atoms with Crippen molar-refractivity contribution in [2.24, 2.45) is 7.05 Å². The Kier molecular flexibility index (Phi) is 5.22. The number of nitrogens with zero attached hydrogens (tertiary/aromatic N) is 1. The average molecular weight is 358 g/mol. The Hall–Kier alpha value is -2.15. The molecule has 3 aromatic rings. The molecule has 1 heterocycles. The number of aliphatic hydroxyl groups excluding tert-OH is 1. The Morgan fingerprint density at radius 3 is 2.64 bits per heavy atom. The summed E-state index contributed by atoms with van der Waals surface area (Å²) in [5.41, 5.74) is 2.74. The summed E-state index contributed by atoms with van der Waals surface area (Å²) in [5, 5.41) is 11.3. The number of nitrogens with one attached hydrogen (secondary N) is 1. The van der Waals surface area contributed by atoms with Gasteiger partial charge in [0.25, 0.3) is 0 Å². The first-order valence-electron chi connectivity index (χ1n) is 8.19. The van der Waals surface area contributed by atoms with Crippen LogP contribution in [0.2, 0.25) is 0 Å². The molecule has 0 radical (unpaired) electrons. The summed E-state index contributed by atoms with van der Waals surface area (Å²) in [6.45, 7) is -0.0323.